The van der Waals surface area contributed by atoms with E-state index in [1.165, 1.54) is 27.7 Å². The van der Waals surface area contributed by atoms with Crippen molar-refractivity contribution in [2.75, 3.05) is 0 Å². The van der Waals surface area contributed by atoms with Gasteiger partial charge < -0.3 is 20.3 Å². The number of H-pyrrole nitrogens is 1. The van der Waals surface area contributed by atoms with Crippen LogP contribution < -0.4 is 0 Å². The maximum Gasteiger partial charge on any atom is 0.337 e. The maximum atomic E-state index is 10.8. The number of hydrogen-bond donors (Lipinski definition) is 4. The Bertz CT molecular complexity index is 1480. The molecule has 2 atom stereocenters. The summed E-state index contributed by atoms with van der Waals surface area (Å²) in [4.78, 5) is 24.4. The lowest BCUT2D eigenvalue weighted by Crippen LogP contribution is -2.09. The van der Waals surface area contributed by atoms with Crippen LogP contribution in [0.2, 0.25) is 0 Å². The Morgan fingerprint density at radius 3 is 1.78 bits per heavy atom. The van der Waals surface area contributed by atoms with E-state index in [0.717, 1.165) is 12.0 Å². The highest BCUT2D eigenvalue weighted by atomic mass is 16.4. The molecule has 0 saturated carbocycles. The normalized spacial score (nSPS) is 11.9. The van der Waals surface area contributed by atoms with Crippen LogP contribution in [0.25, 0.3) is 22.2 Å². The molecule has 1 heterocycles. The van der Waals surface area contributed by atoms with Crippen molar-refractivity contribution >= 4 is 22.8 Å². The summed E-state index contributed by atoms with van der Waals surface area (Å²) in [7, 11) is 0. The number of aromatic nitrogens is 1. The third-order valence-corrected chi connectivity index (χ3v) is 6.46. The highest BCUT2D eigenvalue weighted by Gasteiger charge is 2.14. The molecule has 5 rings (SSSR count). The van der Waals surface area contributed by atoms with Crippen molar-refractivity contribution in [1.82, 2.24) is 4.98 Å². The van der Waals surface area contributed by atoms with Crippen LogP contribution in [0.15, 0.2) is 115 Å². The topological polar surface area (TPSA) is 111 Å². The molecule has 41 heavy (non-hydrogen) atoms. The van der Waals surface area contributed by atoms with Crippen LogP contribution in [0.4, 0.5) is 0 Å². The summed E-state index contributed by atoms with van der Waals surface area (Å²) in [5.74, 6) is -1.78. The Balaban J connectivity index is 0.000000172. The molecule has 2 unspecified atom stereocenters. The quantitative estimate of drug-likeness (QED) is 0.166. The zero-order valence-corrected chi connectivity index (χ0v) is 23.6. The smallest absolute Gasteiger partial charge is 0.337 e. The lowest BCUT2D eigenvalue weighted by atomic mass is 9.97. The summed E-state index contributed by atoms with van der Waals surface area (Å²) in [6.07, 6.45) is -0.363. The summed E-state index contributed by atoms with van der Waals surface area (Å²) in [5.41, 5.74) is 6.14. The van der Waals surface area contributed by atoms with Gasteiger partial charge >= 0.3 is 11.9 Å². The van der Waals surface area contributed by atoms with Gasteiger partial charge in [0, 0.05) is 16.6 Å². The number of aliphatic hydroxyl groups excluding tert-OH is 1. The zero-order valence-electron chi connectivity index (χ0n) is 23.6. The second-order valence-corrected chi connectivity index (χ2v) is 10.2. The van der Waals surface area contributed by atoms with Crippen LogP contribution in [0.3, 0.4) is 0 Å². The average Bonchev–Trinajstić information content (AvgIpc) is 3.43. The van der Waals surface area contributed by atoms with Gasteiger partial charge in [0.2, 0.25) is 0 Å². The summed E-state index contributed by atoms with van der Waals surface area (Å²) in [5, 5.41) is 27.5. The molecule has 6 nitrogen and oxygen atoms in total. The molecular formula is C35H37NO5. The van der Waals surface area contributed by atoms with Gasteiger partial charge in [-0.25, -0.2) is 4.79 Å². The number of carbonyl (C=O) groups is 2. The van der Waals surface area contributed by atoms with Crippen LogP contribution in [0, 0.1) is 5.92 Å². The minimum absolute atomic E-state index is 0.403. The van der Waals surface area contributed by atoms with Gasteiger partial charge in [-0.05, 0) is 53.6 Å². The van der Waals surface area contributed by atoms with Crippen LogP contribution in [0.1, 0.15) is 49.5 Å². The first-order valence-electron chi connectivity index (χ1n) is 13.6. The second kappa shape index (κ2) is 15.2. The molecule has 212 valence electrons. The Morgan fingerprint density at radius 1 is 0.683 bits per heavy atom. The van der Waals surface area contributed by atoms with Gasteiger partial charge in [-0.1, -0.05) is 117 Å². The number of aromatic amines is 1. The van der Waals surface area contributed by atoms with Gasteiger partial charge in [-0.2, -0.15) is 0 Å². The Labute approximate surface area is 240 Å². The van der Waals surface area contributed by atoms with Crippen molar-refractivity contribution in [3.63, 3.8) is 0 Å². The van der Waals surface area contributed by atoms with Gasteiger partial charge in [-0.3, -0.25) is 4.79 Å². The molecule has 0 aliphatic rings. The van der Waals surface area contributed by atoms with Crippen molar-refractivity contribution in [3.05, 3.63) is 132 Å². The molecule has 0 aliphatic carbocycles. The molecule has 0 aliphatic heterocycles. The fraction of sp³-hybridized carbons (Fsp3) is 0.200. The fourth-order valence-electron chi connectivity index (χ4n) is 4.18. The van der Waals surface area contributed by atoms with Gasteiger partial charge in [0.15, 0.2) is 6.10 Å². The molecule has 1 aromatic heterocycles. The van der Waals surface area contributed by atoms with E-state index in [4.69, 9.17) is 15.3 Å². The van der Waals surface area contributed by atoms with E-state index in [-0.39, 0.29) is 0 Å². The monoisotopic (exact) mass is 551 g/mol. The fourth-order valence-corrected chi connectivity index (χ4v) is 4.18. The number of para-hydroxylation sites is 1. The minimum atomic E-state index is -1.41. The number of rotatable bonds is 7. The van der Waals surface area contributed by atoms with E-state index in [0.29, 0.717) is 11.5 Å². The number of carboxylic acids is 2. The number of aliphatic hydroxyl groups is 1. The molecule has 0 amide bonds. The van der Waals surface area contributed by atoms with E-state index in [9.17, 15) is 9.59 Å². The molecule has 0 spiro atoms. The minimum Gasteiger partial charge on any atom is -0.481 e. The van der Waals surface area contributed by atoms with Crippen LogP contribution >= 0.6 is 0 Å². The number of aliphatic carboxylic acids is 2. The second-order valence-electron chi connectivity index (χ2n) is 10.2. The first-order valence-corrected chi connectivity index (χ1v) is 13.6. The van der Waals surface area contributed by atoms with Crippen molar-refractivity contribution in [2.45, 2.75) is 39.2 Å². The third-order valence-electron chi connectivity index (χ3n) is 6.46. The Hall–Kier alpha value is -4.68. The summed E-state index contributed by atoms with van der Waals surface area (Å²) < 4.78 is 0. The SMILES string of the molecule is CC(C)Cc1ccc(C(C)C(=O)O)cc1.O=C(O)C(O)c1ccccc1.c1ccc(-c2cc3ccccc3[nH]2)cc1. The predicted molar refractivity (Wildman–Crippen MR) is 164 cm³/mol. The number of benzene rings is 4. The largest absolute Gasteiger partial charge is 0.481 e. The predicted octanol–water partition coefficient (Wildman–Crippen LogP) is 7.71. The number of carboxylic acid groups (broad SMARTS) is 2. The number of fused-ring (bicyclic) bond motifs is 1. The number of hydrogen-bond acceptors (Lipinski definition) is 3. The highest BCUT2D eigenvalue weighted by Crippen LogP contribution is 2.23. The van der Waals surface area contributed by atoms with E-state index < -0.39 is 24.0 Å². The van der Waals surface area contributed by atoms with Gasteiger partial charge in [0.25, 0.3) is 0 Å². The molecule has 0 saturated heterocycles. The first-order chi connectivity index (χ1) is 19.7. The molecule has 4 N–H and O–H groups in total. The lowest BCUT2D eigenvalue weighted by Gasteiger charge is -2.09. The molecule has 0 radical (unpaired) electrons. The van der Waals surface area contributed by atoms with Crippen molar-refractivity contribution in [3.8, 4) is 11.3 Å². The molecule has 0 fully saturated rings. The van der Waals surface area contributed by atoms with Gasteiger partial charge in [0.05, 0.1) is 5.92 Å². The summed E-state index contributed by atoms with van der Waals surface area (Å²) >= 11 is 0. The average molecular weight is 552 g/mol. The van der Waals surface area contributed by atoms with E-state index in [1.807, 2.05) is 36.4 Å². The maximum absolute atomic E-state index is 10.8. The molecule has 5 aromatic rings. The van der Waals surface area contributed by atoms with E-state index >= 15 is 0 Å². The van der Waals surface area contributed by atoms with Crippen LogP contribution in [-0.2, 0) is 16.0 Å². The van der Waals surface area contributed by atoms with E-state index in [1.54, 1.807) is 37.3 Å². The van der Waals surface area contributed by atoms with Crippen molar-refractivity contribution in [1.29, 1.82) is 0 Å². The third kappa shape index (κ3) is 9.48. The van der Waals surface area contributed by atoms with Gasteiger partial charge in [-0.15, -0.1) is 0 Å². The summed E-state index contributed by atoms with van der Waals surface area (Å²) in [6.45, 7) is 6.06. The van der Waals surface area contributed by atoms with Crippen LogP contribution in [0.5, 0.6) is 0 Å². The van der Waals surface area contributed by atoms with Crippen molar-refractivity contribution < 1.29 is 24.9 Å². The molecular weight excluding hydrogens is 514 g/mol. The molecule has 6 heteroatoms. The first kappa shape index (κ1) is 30.9. The molecule has 4 aromatic carbocycles. The lowest BCUT2D eigenvalue weighted by molar-refractivity contribution is -0.147. The summed E-state index contributed by atoms with van der Waals surface area (Å²) in [6, 6.07) is 37.0. The van der Waals surface area contributed by atoms with Crippen molar-refractivity contribution in [2.24, 2.45) is 5.92 Å². The standard InChI is InChI=1S/C14H11N.C13H18O2.C8H8O3/c1-2-6-11(7-3-1)14-10-12-8-4-5-9-13(12)15-14;1-9(2)8-11-4-6-12(7-5-11)10(3)13(14)15;9-7(8(10)11)6-4-2-1-3-5-6/h1-10,15H;4-7,9-10H,8H2,1-3H3,(H,14,15);1-5,7,9H,(H,10,11). The number of nitrogens with one attached hydrogen (secondary N) is 1. The van der Waals surface area contributed by atoms with Gasteiger partial charge in [0.1, 0.15) is 0 Å². The van der Waals surface area contributed by atoms with E-state index in [2.05, 4.69) is 67.4 Å². The Kier molecular flexibility index (Phi) is 11.4. The Morgan fingerprint density at radius 2 is 1.24 bits per heavy atom. The zero-order chi connectivity index (χ0) is 29.8. The molecule has 0 bridgehead atoms. The van der Waals surface area contributed by atoms with Crippen LogP contribution in [-0.4, -0.2) is 32.2 Å². The highest BCUT2D eigenvalue weighted by molar-refractivity contribution is 5.85.